The van der Waals surface area contributed by atoms with Crippen molar-refractivity contribution in [2.45, 2.75) is 50.8 Å². The molecule has 1 atom stereocenters. The molecule has 92 valence electrons. The second kappa shape index (κ2) is 6.44. The van der Waals surface area contributed by atoms with Crippen molar-refractivity contribution in [3.63, 3.8) is 0 Å². The van der Waals surface area contributed by atoms with Crippen LogP contribution < -0.4 is 0 Å². The third-order valence-electron chi connectivity index (χ3n) is 2.86. The van der Waals surface area contributed by atoms with Gasteiger partial charge in [-0.25, -0.2) is 0 Å². The fourth-order valence-corrected chi connectivity index (χ4v) is 8.10. The Morgan fingerprint density at radius 3 is 1.67 bits per heavy atom. The van der Waals surface area contributed by atoms with Gasteiger partial charge in [0, 0.05) is 17.2 Å². The van der Waals surface area contributed by atoms with Crippen LogP contribution >= 0.6 is 12.6 Å². The van der Waals surface area contributed by atoms with Gasteiger partial charge in [0.05, 0.1) is 8.07 Å². The molecule has 5 heteroatoms. The van der Waals surface area contributed by atoms with Crippen LogP contribution in [0.1, 0.15) is 27.2 Å². The van der Waals surface area contributed by atoms with E-state index in [1.54, 1.807) is 0 Å². The lowest BCUT2D eigenvalue weighted by molar-refractivity contribution is 0.207. The molecule has 0 spiro atoms. The quantitative estimate of drug-likeness (QED) is 0.564. The van der Waals surface area contributed by atoms with E-state index in [1.807, 2.05) is 13.8 Å². The van der Waals surface area contributed by atoms with E-state index in [2.05, 4.69) is 26.6 Å². The van der Waals surface area contributed by atoms with Crippen LogP contribution in [0.25, 0.3) is 0 Å². The van der Waals surface area contributed by atoms with E-state index >= 15 is 0 Å². The minimum absolute atomic E-state index is 0.0268. The fourth-order valence-electron chi connectivity index (χ4n) is 1.68. The summed E-state index contributed by atoms with van der Waals surface area (Å²) in [6.07, 6.45) is 1.04. The molecule has 0 rings (SSSR count). The molecule has 0 aromatic heterocycles. The molecule has 2 nitrogen and oxygen atoms in total. The highest BCUT2D eigenvalue weighted by Gasteiger charge is 2.48. The second-order valence-corrected chi connectivity index (χ2v) is 14.8. The van der Waals surface area contributed by atoms with Gasteiger partial charge in [-0.05, 0) is 20.3 Å². The molecule has 0 heterocycles. The molecule has 0 saturated carbocycles. The normalized spacial score (nSPS) is 16.8. The van der Waals surface area contributed by atoms with Crippen molar-refractivity contribution in [1.29, 1.82) is 0 Å². The van der Waals surface area contributed by atoms with E-state index < -0.39 is 17.4 Å². The molecular weight excluding hydrogens is 240 g/mol. The topological polar surface area (TPSA) is 18.5 Å². The molecule has 0 amide bonds. The van der Waals surface area contributed by atoms with Crippen LogP contribution in [0, 0.1) is 0 Å². The first-order valence-electron chi connectivity index (χ1n) is 5.79. The maximum Gasteiger partial charge on any atom is 0.334 e. The van der Waals surface area contributed by atoms with Gasteiger partial charge in [-0.2, -0.15) is 12.6 Å². The zero-order valence-electron chi connectivity index (χ0n) is 11.0. The predicted octanol–water partition coefficient (Wildman–Crippen LogP) is 2.78. The zero-order chi connectivity index (χ0) is 12.1. The van der Waals surface area contributed by atoms with Crippen LogP contribution in [-0.2, 0) is 8.85 Å². The summed E-state index contributed by atoms with van der Waals surface area (Å²) in [4.78, 5) is 0. The van der Waals surface area contributed by atoms with E-state index in [-0.39, 0.29) is 3.99 Å². The first kappa shape index (κ1) is 15.7. The molecule has 0 saturated heterocycles. The van der Waals surface area contributed by atoms with Crippen molar-refractivity contribution in [3.8, 4) is 0 Å². The molecule has 0 fully saturated rings. The SMILES string of the molecule is CCO[SiH](OCC)[C@](S)(CC)[Si](C)(C)C. The lowest BCUT2D eigenvalue weighted by Crippen LogP contribution is -2.60. The summed E-state index contributed by atoms with van der Waals surface area (Å²) in [7, 11) is -3.04. The van der Waals surface area contributed by atoms with Crippen LogP contribution in [-0.4, -0.2) is 34.6 Å². The average Bonchev–Trinajstić information content (AvgIpc) is 2.14. The molecule has 0 aromatic rings. The standard InChI is InChI=1S/C10H26O2SSi2/c1-7-10(13,15(4,5)6)14(11-8-2)12-9-3/h13-14H,7-9H2,1-6H3/t10-/m1/s1. The summed E-state index contributed by atoms with van der Waals surface area (Å²) in [5.41, 5.74) is 0. The number of hydrogen-bond donors (Lipinski definition) is 1. The number of thiol groups is 1. The maximum absolute atomic E-state index is 5.84. The summed E-state index contributed by atoms with van der Waals surface area (Å²) in [6.45, 7) is 14.8. The lowest BCUT2D eigenvalue weighted by Gasteiger charge is -2.42. The lowest BCUT2D eigenvalue weighted by atomic mass is 10.6. The average molecular weight is 267 g/mol. The summed E-state index contributed by atoms with van der Waals surface area (Å²) >= 11 is 4.94. The van der Waals surface area contributed by atoms with E-state index in [0.29, 0.717) is 0 Å². The molecule has 15 heavy (non-hydrogen) atoms. The van der Waals surface area contributed by atoms with E-state index in [0.717, 1.165) is 19.6 Å². The van der Waals surface area contributed by atoms with Gasteiger partial charge in [-0.15, -0.1) is 0 Å². The zero-order valence-corrected chi connectivity index (χ0v) is 14.0. The van der Waals surface area contributed by atoms with Gasteiger partial charge in [0.25, 0.3) is 0 Å². The molecule has 0 unspecified atom stereocenters. The van der Waals surface area contributed by atoms with E-state index in [9.17, 15) is 0 Å². The smallest absolute Gasteiger partial charge is 0.334 e. The molecule has 0 aliphatic heterocycles. The van der Waals surface area contributed by atoms with Crippen molar-refractivity contribution < 1.29 is 8.85 Å². The molecule has 0 radical (unpaired) electrons. The Balaban J connectivity index is 4.85. The van der Waals surface area contributed by atoms with Crippen LogP contribution in [0.2, 0.25) is 19.6 Å². The highest BCUT2D eigenvalue weighted by atomic mass is 32.1. The molecular formula is C10H26O2SSi2. The third-order valence-corrected chi connectivity index (χ3v) is 14.5. The Labute approximate surface area is 103 Å². The highest BCUT2D eigenvalue weighted by Crippen LogP contribution is 2.34. The van der Waals surface area contributed by atoms with Gasteiger partial charge in [-0.3, -0.25) is 0 Å². The number of hydrogen-bond acceptors (Lipinski definition) is 3. The van der Waals surface area contributed by atoms with Gasteiger partial charge in [-0.1, -0.05) is 26.6 Å². The monoisotopic (exact) mass is 266 g/mol. The maximum atomic E-state index is 5.84. The van der Waals surface area contributed by atoms with Crippen molar-refractivity contribution >= 4 is 30.0 Å². The van der Waals surface area contributed by atoms with Crippen LogP contribution in [0.3, 0.4) is 0 Å². The first-order chi connectivity index (χ1) is 6.83. The van der Waals surface area contributed by atoms with Crippen molar-refractivity contribution in [1.82, 2.24) is 0 Å². The third kappa shape index (κ3) is 3.89. The fraction of sp³-hybridized carbons (Fsp3) is 1.00. The molecule has 0 aromatic carbocycles. The Morgan fingerprint density at radius 1 is 1.07 bits per heavy atom. The minimum Gasteiger partial charge on any atom is -0.396 e. The Morgan fingerprint density at radius 2 is 1.47 bits per heavy atom. The van der Waals surface area contributed by atoms with Crippen LogP contribution in [0.5, 0.6) is 0 Å². The van der Waals surface area contributed by atoms with Crippen molar-refractivity contribution in [2.24, 2.45) is 0 Å². The van der Waals surface area contributed by atoms with Crippen LogP contribution in [0.4, 0.5) is 0 Å². The number of rotatable bonds is 7. The van der Waals surface area contributed by atoms with Gasteiger partial charge in [0.15, 0.2) is 0 Å². The Bertz CT molecular complexity index is 179. The molecule has 0 aliphatic rings. The van der Waals surface area contributed by atoms with E-state index in [1.165, 1.54) is 0 Å². The predicted molar refractivity (Wildman–Crippen MR) is 75.8 cm³/mol. The van der Waals surface area contributed by atoms with Gasteiger partial charge < -0.3 is 8.85 Å². The highest BCUT2D eigenvalue weighted by molar-refractivity contribution is 7.86. The minimum atomic E-state index is -1.66. The van der Waals surface area contributed by atoms with Gasteiger partial charge in [0.2, 0.25) is 0 Å². The second-order valence-electron chi connectivity index (χ2n) is 4.77. The van der Waals surface area contributed by atoms with Gasteiger partial charge >= 0.3 is 9.28 Å². The Hall–Kier alpha value is 0.704. The molecule has 0 bridgehead atoms. The first-order valence-corrected chi connectivity index (χ1v) is 11.3. The largest absolute Gasteiger partial charge is 0.396 e. The summed E-state index contributed by atoms with van der Waals surface area (Å²) in [5.74, 6) is 0. The van der Waals surface area contributed by atoms with Crippen molar-refractivity contribution in [2.75, 3.05) is 13.2 Å². The Kier molecular flexibility index (Phi) is 6.74. The van der Waals surface area contributed by atoms with Gasteiger partial charge in [0.1, 0.15) is 0 Å². The molecule has 0 aliphatic carbocycles. The summed E-state index contributed by atoms with van der Waals surface area (Å²) < 4.78 is 11.7. The van der Waals surface area contributed by atoms with Crippen LogP contribution in [0.15, 0.2) is 0 Å². The van der Waals surface area contributed by atoms with E-state index in [4.69, 9.17) is 21.5 Å². The van der Waals surface area contributed by atoms with Crippen molar-refractivity contribution in [3.05, 3.63) is 0 Å². The molecule has 0 N–H and O–H groups in total. The summed E-state index contributed by atoms with van der Waals surface area (Å²) in [6, 6.07) is 0. The summed E-state index contributed by atoms with van der Waals surface area (Å²) in [5, 5.41) is 0.